The number of benzene rings is 1. The lowest BCUT2D eigenvalue weighted by atomic mass is 10.2. The summed E-state index contributed by atoms with van der Waals surface area (Å²) in [5, 5.41) is 4.12. The van der Waals surface area contributed by atoms with Gasteiger partial charge >= 0.3 is 5.97 Å². The van der Waals surface area contributed by atoms with Crippen molar-refractivity contribution in [2.45, 2.75) is 31.3 Å². The molecule has 2 aliphatic rings. The second-order valence-electron chi connectivity index (χ2n) is 7.16. The highest BCUT2D eigenvalue weighted by atomic mass is 32.2. The van der Waals surface area contributed by atoms with E-state index in [4.69, 9.17) is 4.74 Å². The molecule has 28 heavy (non-hydrogen) atoms. The minimum Gasteiger partial charge on any atom is -0.452 e. The average Bonchev–Trinajstić information content (AvgIpc) is 3.21. The number of carbonyl (C=O) groups is 2. The van der Waals surface area contributed by atoms with Gasteiger partial charge in [0.1, 0.15) is 0 Å². The number of hydrogen-bond donors (Lipinski definition) is 0. The van der Waals surface area contributed by atoms with Crippen molar-refractivity contribution in [3.8, 4) is 5.69 Å². The molecule has 1 amide bonds. The van der Waals surface area contributed by atoms with E-state index in [0.29, 0.717) is 12.0 Å². The van der Waals surface area contributed by atoms with Gasteiger partial charge in [0.15, 0.2) is 16.4 Å². The summed E-state index contributed by atoms with van der Waals surface area (Å²) < 4.78 is 30.3. The zero-order chi connectivity index (χ0) is 19.7. The fraction of sp³-hybridized carbons (Fsp3) is 0.421. The van der Waals surface area contributed by atoms with Crippen LogP contribution < -0.4 is 0 Å². The highest BCUT2D eigenvalue weighted by molar-refractivity contribution is 7.91. The van der Waals surface area contributed by atoms with Crippen LogP contribution in [0.15, 0.2) is 42.7 Å². The fourth-order valence-corrected chi connectivity index (χ4v) is 5.22. The van der Waals surface area contributed by atoms with E-state index in [9.17, 15) is 18.0 Å². The van der Waals surface area contributed by atoms with Crippen LogP contribution in [0.4, 0.5) is 0 Å². The lowest BCUT2D eigenvalue weighted by Gasteiger charge is -2.28. The van der Waals surface area contributed by atoms with Crippen molar-refractivity contribution < 1.29 is 22.7 Å². The quantitative estimate of drug-likeness (QED) is 0.673. The van der Waals surface area contributed by atoms with Gasteiger partial charge in [-0.25, -0.2) is 17.9 Å². The molecule has 1 saturated carbocycles. The fourth-order valence-electron chi connectivity index (χ4n) is 3.51. The largest absolute Gasteiger partial charge is 0.452 e. The van der Waals surface area contributed by atoms with Crippen LogP contribution in [0.25, 0.3) is 5.69 Å². The first-order chi connectivity index (χ1) is 13.4. The Morgan fingerprint density at radius 1 is 1.14 bits per heavy atom. The molecule has 0 unspecified atom stereocenters. The van der Waals surface area contributed by atoms with Crippen LogP contribution in [0.3, 0.4) is 0 Å². The Hall–Kier alpha value is -2.68. The summed E-state index contributed by atoms with van der Waals surface area (Å²) >= 11 is 0. The van der Waals surface area contributed by atoms with Gasteiger partial charge in [-0.15, -0.1) is 0 Å². The van der Waals surface area contributed by atoms with Crippen molar-refractivity contribution >= 4 is 21.7 Å². The highest BCUT2D eigenvalue weighted by Gasteiger charge is 2.42. The molecule has 0 N–H and O–H groups in total. The predicted molar refractivity (Wildman–Crippen MR) is 101 cm³/mol. The lowest BCUT2D eigenvalue weighted by Crippen LogP contribution is -2.44. The number of carbonyl (C=O) groups excluding carboxylic acids is 2. The molecule has 1 aromatic carbocycles. The van der Waals surface area contributed by atoms with Crippen LogP contribution in [0, 0.1) is 0 Å². The Balaban J connectivity index is 1.36. The molecule has 2 aromatic rings. The molecule has 2 heterocycles. The molecular weight excluding hydrogens is 382 g/mol. The number of sulfone groups is 1. The third-order valence-corrected chi connectivity index (χ3v) is 6.78. The predicted octanol–water partition coefficient (Wildman–Crippen LogP) is 1.21. The van der Waals surface area contributed by atoms with Gasteiger partial charge in [-0.3, -0.25) is 4.79 Å². The van der Waals surface area contributed by atoms with Crippen LogP contribution >= 0.6 is 0 Å². The average molecular weight is 403 g/mol. The number of aromatic nitrogens is 2. The van der Waals surface area contributed by atoms with E-state index in [0.717, 1.165) is 18.5 Å². The van der Waals surface area contributed by atoms with Crippen LogP contribution in [0.1, 0.15) is 29.6 Å². The first-order valence-corrected chi connectivity index (χ1v) is 11.0. The van der Waals surface area contributed by atoms with Gasteiger partial charge in [-0.05, 0) is 49.6 Å². The van der Waals surface area contributed by atoms with E-state index >= 15 is 0 Å². The van der Waals surface area contributed by atoms with Gasteiger partial charge in [0, 0.05) is 24.5 Å². The molecule has 148 valence electrons. The summed E-state index contributed by atoms with van der Waals surface area (Å²) in [6.45, 7) is -0.382. The van der Waals surface area contributed by atoms with Crippen molar-refractivity contribution in [1.29, 1.82) is 0 Å². The molecule has 1 saturated heterocycles. The number of ether oxygens (including phenoxy) is 1. The lowest BCUT2D eigenvalue weighted by molar-refractivity contribution is -0.137. The molecule has 4 rings (SSSR count). The maximum Gasteiger partial charge on any atom is 0.338 e. The SMILES string of the molecule is O=C(OCC(=O)N(C1CC1)[C@@H]1CCS(=O)(=O)C1)c1ccc(-n2cccn2)cc1. The minimum absolute atomic E-state index is 0.00191. The second-order valence-corrected chi connectivity index (χ2v) is 9.39. The van der Waals surface area contributed by atoms with Gasteiger partial charge in [0.25, 0.3) is 5.91 Å². The number of amides is 1. The first kappa shape index (κ1) is 18.7. The molecule has 1 aromatic heterocycles. The molecule has 2 fully saturated rings. The van der Waals surface area contributed by atoms with Crippen molar-refractivity contribution in [1.82, 2.24) is 14.7 Å². The normalized spacial score (nSPS) is 20.6. The van der Waals surface area contributed by atoms with Crippen LogP contribution in [-0.2, 0) is 19.4 Å². The summed E-state index contributed by atoms with van der Waals surface area (Å²) in [4.78, 5) is 26.5. The highest BCUT2D eigenvalue weighted by Crippen LogP contribution is 2.32. The molecule has 1 aliphatic heterocycles. The summed E-state index contributed by atoms with van der Waals surface area (Å²) in [5.74, 6) is -0.810. The zero-order valence-electron chi connectivity index (χ0n) is 15.2. The molecule has 1 atom stereocenters. The molecule has 0 bridgehead atoms. The Morgan fingerprint density at radius 2 is 1.89 bits per heavy atom. The molecule has 8 nitrogen and oxygen atoms in total. The Morgan fingerprint density at radius 3 is 2.46 bits per heavy atom. The molecule has 0 radical (unpaired) electrons. The summed E-state index contributed by atoms with van der Waals surface area (Å²) in [7, 11) is -3.09. The summed E-state index contributed by atoms with van der Waals surface area (Å²) in [6.07, 6.45) is 5.64. The van der Waals surface area contributed by atoms with Crippen LogP contribution in [-0.4, -0.2) is 65.2 Å². The minimum atomic E-state index is -3.09. The molecular formula is C19H21N3O5S. The van der Waals surface area contributed by atoms with E-state index in [1.54, 1.807) is 52.3 Å². The Labute approximate surface area is 163 Å². The second kappa shape index (κ2) is 7.38. The van der Waals surface area contributed by atoms with Gasteiger partial charge in [-0.1, -0.05) is 0 Å². The zero-order valence-corrected chi connectivity index (χ0v) is 16.0. The van der Waals surface area contributed by atoms with Crippen molar-refractivity contribution in [3.63, 3.8) is 0 Å². The molecule has 9 heteroatoms. The number of esters is 1. The van der Waals surface area contributed by atoms with Crippen molar-refractivity contribution in [3.05, 3.63) is 48.3 Å². The first-order valence-electron chi connectivity index (χ1n) is 9.22. The van der Waals surface area contributed by atoms with E-state index in [1.165, 1.54) is 0 Å². The third-order valence-electron chi connectivity index (χ3n) is 5.03. The van der Waals surface area contributed by atoms with E-state index in [2.05, 4.69) is 5.10 Å². The van der Waals surface area contributed by atoms with Gasteiger partial charge < -0.3 is 9.64 Å². The van der Waals surface area contributed by atoms with Gasteiger partial charge in [0.05, 0.1) is 22.8 Å². The van der Waals surface area contributed by atoms with Crippen molar-refractivity contribution in [2.75, 3.05) is 18.1 Å². The molecule has 0 spiro atoms. The van der Waals surface area contributed by atoms with Crippen LogP contribution in [0.2, 0.25) is 0 Å². The monoisotopic (exact) mass is 403 g/mol. The van der Waals surface area contributed by atoms with E-state index in [-0.39, 0.29) is 36.1 Å². The van der Waals surface area contributed by atoms with Gasteiger partial charge in [-0.2, -0.15) is 5.10 Å². The summed E-state index contributed by atoms with van der Waals surface area (Å²) in [5.41, 5.74) is 1.14. The van der Waals surface area contributed by atoms with E-state index in [1.807, 2.05) is 0 Å². The Kier molecular flexibility index (Phi) is 4.92. The standard InChI is InChI=1S/C19H21N3O5S/c23-18(22(16-6-7-16)17-8-11-28(25,26)13-17)12-27-19(24)14-2-4-15(5-3-14)21-10-1-9-20-21/h1-5,9-10,16-17H,6-8,11-13H2/t17-/m1/s1. The van der Waals surface area contributed by atoms with Crippen molar-refractivity contribution in [2.24, 2.45) is 0 Å². The maximum atomic E-state index is 12.6. The number of nitrogens with zero attached hydrogens (tertiary/aromatic N) is 3. The Bertz CT molecular complexity index is 966. The summed E-state index contributed by atoms with van der Waals surface area (Å²) in [6, 6.07) is 8.28. The number of hydrogen-bond acceptors (Lipinski definition) is 6. The smallest absolute Gasteiger partial charge is 0.338 e. The maximum absolute atomic E-state index is 12.6. The van der Waals surface area contributed by atoms with Crippen LogP contribution in [0.5, 0.6) is 0 Å². The van der Waals surface area contributed by atoms with Gasteiger partial charge in [0.2, 0.25) is 0 Å². The molecule has 1 aliphatic carbocycles. The number of rotatable bonds is 6. The third kappa shape index (κ3) is 4.09. The topological polar surface area (TPSA) is 98.6 Å². The van der Waals surface area contributed by atoms with E-state index < -0.39 is 15.8 Å².